The van der Waals surface area contributed by atoms with Crippen molar-refractivity contribution in [3.63, 3.8) is 0 Å². The highest BCUT2D eigenvalue weighted by molar-refractivity contribution is 5.97. The minimum absolute atomic E-state index is 0.0690. The molecule has 30 heavy (non-hydrogen) atoms. The van der Waals surface area contributed by atoms with Crippen molar-refractivity contribution in [3.8, 4) is 0 Å². The van der Waals surface area contributed by atoms with Gasteiger partial charge in [0.2, 0.25) is 0 Å². The fourth-order valence-corrected chi connectivity index (χ4v) is 4.52. The number of fused-ring (bicyclic) bond motifs is 1. The van der Waals surface area contributed by atoms with Gasteiger partial charge in [0.25, 0.3) is 5.91 Å². The summed E-state index contributed by atoms with van der Waals surface area (Å²) in [5.74, 6) is 0.776. The fraction of sp³-hybridized carbons (Fsp3) is 0.500. The maximum absolute atomic E-state index is 13.2. The van der Waals surface area contributed by atoms with E-state index in [9.17, 15) is 9.90 Å². The number of ether oxygens (including phenoxy) is 1. The van der Waals surface area contributed by atoms with Crippen LogP contribution in [0.1, 0.15) is 41.5 Å². The number of rotatable bonds is 6. The zero-order valence-corrected chi connectivity index (χ0v) is 17.7. The van der Waals surface area contributed by atoms with Crippen molar-refractivity contribution in [2.75, 3.05) is 20.8 Å². The highest BCUT2D eigenvalue weighted by Crippen LogP contribution is 2.32. The van der Waals surface area contributed by atoms with Crippen LogP contribution in [0.25, 0.3) is 11.0 Å². The van der Waals surface area contributed by atoms with Crippen LogP contribution in [0.15, 0.2) is 36.9 Å². The van der Waals surface area contributed by atoms with Crippen LogP contribution in [0.4, 0.5) is 0 Å². The number of aliphatic hydroxyl groups is 1. The average molecular weight is 412 g/mol. The van der Waals surface area contributed by atoms with Crippen LogP contribution in [-0.2, 0) is 11.3 Å². The molecule has 1 fully saturated rings. The first-order valence-corrected chi connectivity index (χ1v) is 10.4. The Morgan fingerprint density at radius 2 is 2.17 bits per heavy atom. The third kappa shape index (κ3) is 3.73. The molecule has 1 N–H and O–H groups in total. The van der Waals surface area contributed by atoms with Gasteiger partial charge in [-0.3, -0.25) is 4.79 Å². The number of amides is 1. The van der Waals surface area contributed by atoms with Gasteiger partial charge in [-0.1, -0.05) is 0 Å². The molecule has 1 aromatic carbocycles. The summed E-state index contributed by atoms with van der Waals surface area (Å²) in [6.07, 6.45) is 7.39. The molecule has 3 aromatic rings. The summed E-state index contributed by atoms with van der Waals surface area (Å²) < 4.78 is 9.17. The summed E-state index contributed by atoms with van der Waals surface area (Å²) in [7, 11) is 3.45. The third-order valence-corrected chi connectivity index (χ3v) is 6.23. The number of carbonyl (C=O) groups is 1. The maximum atomic E-state index is 13.2. The molecule has 0 spiro atoms. The monoisotopic (exact) mass is 411 g/mol. The Bertz CT molecular complexity index is 1030. The van der Waals surface area contributed by atoms with Crippen LogP contribution in [0.2, 0.25) is 0 Å². The number of carbonyl (C=O) groups excluding carboxylic acids is 1. The lowest BCUT2D eigenvalue weighted by Gasteiger charge is -2.40. The minimum Gasteiger partial charge on any atom is -0.389 e. The van der Waals surface area contributed by atoms with Gasteiger partial charge in [0.05, 0.1) is 42.2 Å². The molecule has 8 nitrogen and oxygen atoms in total. The molecule has 160 valence electrons. The van der Waals surface area contributed by atoms with Crippen molar-refractivity contribution >= 4 is 16.9 Å². The molecule has 8 heteroatoms. The number of hydrogen-bond acceptors (Lipinski definition) is 5. The zero-order valence-electron chi connectivity index (χ0n) is 17.7. The summed E-state index contributed by atoms with van der Waals surface area (Å²) in [6.45, 7) is 3.25. The van der Waals surface area contributed by atoms with Gasteiger partial charge in [0.1, 0.15) is 5.82 Å². The number of methoxy groups -OCH3 is 1. The summed E-state index contributed by atoms with van der Waals surface area (Å²) in [6, 6.07) is 5.27. The zero-order chi connectivity index (χ0) is 21.3. The number of benzene rings is 1. The van der Waals surface area contributed by atoms with E-state index in [1.165, 1.54) is 0 Å². The van der Waals surface area contributed by atoms with E-state index < -0.39 is 6.10 Å². The van der Waals surface area contributed by atoms with Crippen molar-refractivity contribution in [1.29, 1.82) is 0 Å². The van der Waals surface area contributed by atoms with Crippen molar-refractivity contribution in [1.82, 2.24) is 24.0 Å². The second-order valence-electron chi connectivity index (χ2n) is 7.99. The Balaban J connectivity index is 1.53. The highest BCUT2D eigenvalue weighted by Gasteiger charge is 2.37. The van der Waals surface area contributed by atoms with E-state index in [1.54, 1.807) is 31.6 Å². The molecular formula is C22H29N5O3. The van der Waals surface area contributed by atoms with Gasteiger partial charge in [-0.25, -0.2) is 9.97 Å². The summed E-state index contributed by atoms with van der Waals surface area (Å²) in [5.41, 5.74) is 2.33. The summed E-state index contributed by atoms with van der Waals surface area (Å²) in [5, 5.41) is 11.1. The molecule has 0 unspecified atom stereocenters. The van der Waals surface area contributed by atoms with Crippen LogP contribution in [-0.4, -0.2) is 67.9 Å². The van der Waals surface area contributed by atoms with E-state index in [4.69, 9.17) is 4.74 Å². The van der Waals surface area contributed by atoms with Gasteiger partial charge >= 0.3 is 0 Å². The van der Waals surface area contributed by atoms with Crippen molar-refractivity contribution in [2.24, 2.45) is 0 Å². The first kappa shape index (κ1) is 20.6. The highest BCUT2D eigenvalue weighted by atomic mass is 16.5. The summed E-state index contributed by atoms with van der Waals surface area (Å²) >= 11 is 0. The van der Waals surface area contributed by atoms with Crippen LogP contribution < -0.4 is 0 Å². The van der Waals surface area contributed by atoms with E-state index in [0.717, 1.165) is 36.1 Å². The van der Waals surface area contributed by atoms with Crippen LogP contribution in [0.3, 0.4) is 0 Å². The number of aryl methyl sites for hydroxylation is 1. The van der Waals surface area contributed by atoms with Crippen LogP contribution >= 0.6 is 0 Å². The summed E-state index contributed by atoms with van der Waals surface area (Å²) in [4.78, 5) is 23.6. The number of hydrogen-bond donors (Lipinski definition) is 1. The van der Waals surface area contributed by atoms with Gasteiger partial charge in [-0.2, -0.15) is 0 Å². The lowest BCUT2D eigenvalue weighted by molar-refractivity contribution is -0.00127. The molecule has 0 bridgehead atoms. The lowest BCUT2D eigenvalue weighted by Crippen LogP contribution is -2.50. The average Bonchev–Trinajstić information content (AvgIpc) is 3.36. The fourth-order valence-electron chi connectivity index (χ4n) is 4.52. The standard InChI is InChI=1S/C22H29N5O3/c1-15-23-9-10-27(15)20-6-4-5-19(21(20)28)25(2)22(29)16-7-8-18-17(13-16)24-14-26(18)11-12-30-3/h7-10,13-14,19-21,28H,4-6,11-12H2,1-3H3/t19-,20-,21-/m1/s1. The second kappa shape index (κ2) is 8.57. The van der Waals surface area contributed by atoms with E-state index in [0.29, 0.717) is 18.7 Å². The van der Waals surface area contributed by atoms with Gasteiger partial charge in [-0.05, 0) is 44.4 Å². The lowest BCUT2D eigenvalue weighted by atomic mass is 9.86. The number of nitrogens with zero attached hydrogens (tertiary/aromatic N) is 5. The topological polar surface area (TPSA) is 85.4 Å². The van der Waals surface area contributed by atoms with Gasteiger partial charge < -0.3 is 23.9 Å². The van der Waals surface area contributed by atoms with Gasteiger partial charge in [0.15, 0.2) is 0 Å². The molecule has 4 rings (SSSR count). The number of aromatic nitrogens is 4. The number of imidazole rings is 2. The molecular weight excluding hydrogens is 382 g/mol. The molecule has 2 aromatic heterocycles. The number of aliphatic hydroxyl groups excluding tert-OH is 1. The molecule has 1 amide bonds. The molecule has 0 radical (unpaired) electrons. The molecule has 0 aliphatic heterocycles. The Kier molecular flexibility index (Phi) is 5.87. The Labute approximate surface area is 176 Å². The molecule has 1 aliphatic rings. The normalized spacial score (nSPS) is 21.8. The minimum atomic E-state index is -0.641. The van der Waals surface area contributed by atoms with Crippen LogP contribution in [0.5, 0.6) is 0 Å². The SMILES string of the molecule is COCCn1cnc2cc(C(=O)N(C)[C@@H]3CCC[C@@H](n4ccnc4C)[C@@H]3O)ccc21. The molecule has 1 aliphatic carbocycles. The van der Waals surface area contributed by atoms with Gasteiger partial charge in [-0.15, -0.1) is 0 Å². The quantitative estimate of drug-likeness (QED) is 0.673. The van der Waals surface area contributed by atoms with Crippen LogP contribution in [0, 0.1) is 6.92 Å². The van der Waals surface area contributed by atoms with Crippen molar-refractivity contribution in [2.45, 2.75) is 50.9 Å². The molecule has 1 saturated carbocycles. The van der Waals surface area contributed by atoms with Crippen molar-refractivity contribution in [3.05, 3.63) is 48.3 Å². The Hall–Kier alpha value is -2.71. The first-order valence-electron chi connectivity index (χ1n) is 10.4. The second-order valence-corrected chi connectivity index (χ2v) is 7.99. The van der Waals surface area contributed by atoms with Crippen molar-refractivity contribution < 1.29 is 14.6 Å². The van der Waals surface area contributed by atoms with E-state index in [-0.39, 0.29) is 18.0 Å². The Morgan fingerprint density at radius 1 is 1.33 bits per heavy atom. The number of likely N-dealkylation sites (N-methyl/N-ethyl adjacent to an activating group) is 1. The predicted molar refractivity (Wildman–Crippen MR) is 113 cm³/mol. The van der Waals surface area contributed by atoms with E-state index in [1.807, 2.05) is 40.5 Å². The maximum Gasteiger partial charge on any atom is 0.254 e. The molecule has 0 saturated heterocycles. The molecule has 3 atom stereocenters. The van der Waals surface area contributed by atoms with E-state index in [2.05, 4.69) is 9.97 Å². The van der Waals surface area contributed by atoms with E-state index >= 15 is 0 Å². The van der Waals surface area contributed by atoms with Gasteiger partial charge in [0, 0.05) is 38.7 Å². The largest absolute Gasteiger partial charge is 0.389 e. The first-order chi connectivity index (χ1) is 14.5. The Morgan fingerprint density at radius 3 is 2.90 bits per heavy atom. The molecule has 2 heterocycles. The third-order valence-electron chi connectivity index (χ3n) is 6.23. The smallest absolute Gasteiger partial charge is 0.254 e. The predicted octanol–water partition coefficient (Wildman–Crippen LogP) is 2.41.